The van der Waals surface area contributed by atoms with Crippen LogP contribution in [0.25, 0.3) is 0 Å². The summed E-state index contributed by atoms with van der Waals surface area (Å²) in [6.07, 6.45) is 5.30. The van der Waals surface area contributed by atoms with Crippen molar-refractivity contribution in [2.24, 2.45) is 11.8 Å². The predicted molar refractivity (Wildman–Crippen MR) is 114 cm³/mol. The summed E-state index contributed by atoms with van der Waals surface area (Å²) in [5, 5.41) is 8.65. The molecule has 31 heavy (non-hydrogen) atoms. The summed E-state index contributed by atoms with van der Waals surface area (Å²) in [5.74, 6) is -2.25. The van der Waals surface area contributed by atoms with Crippen molar-refractivity contribution in [3.8, 4) is 0 Å². The van der Waals surface area contributed by atoms with Gasteiger partial charge in [-0.1, -0.05) is 6.07 Å². The van der Waals surface area contributed by atoms with Crippen molar-refractivity contribution in [2.75, 3.05) is 7.11 Å². The van der Waals surface area contributed by atoms with Gasteiger partial charge >= 0.3 is 0 Å². The first-order valence-corrected chi connectivity index (χ1v) is 10.2. The molecule has 3 N–H and O–H groups in total. The lowest BCUT2D eigenvalue weighted by Crippen LogP contribution is -2.44. The van der Waals surface area contributed by atoms with Gasteiger partial charge in [-0.25, -0.2) is 8.78 Å². The molecule has 2 atom stereocenters. The highest BCUT2D eigenvalue weighted by molar-refractivity contribution is 6.04. The lowest BCUT2D eigenvalue weighted by Gasteiger charge is -2.34. The third kappa shape index (κ3) is 3.94. The molecule has 1 aliphatic carbocycles. The topological polar surface area (TPSA) is 79.5 Å². The molecule has 2 aliphatic heterocycles. The number of nitrogens with one attached hydrogen (secondary N) is 3. The Balaban J connectivity index is 0.00000193. The van der Waals surface area contributed by atoms with E-state index in [9.17, 15) is 18.4 Å². The average molecular weight is 432 g/mol. The minimum absolute atomic E-state index is 0. The second kappa shape index (κ2) is 8.17. The van der Waals surface area contributed by atoms with Crippen molar-refractivity contribution in [1.29, 1.82) is 0 Å². The normalized spacial score (nSPS) is 20.6. The van der Waals surface area contributed by atoms with E-state index >= 15 is 0 Å². The summed E-state index contributed by atoms with van der Waals surface area (Å²) in [7, 11) is 1.54. The fourth-order valence-electron chi connectivity index (χ4n) is 4.08. The Morgan fingerprint density at radius 2 is 2.03 bits per heavy atom. The highest BCUT2D eigenvalue weighted by Gasteiger charge is 2.44. The summed E-state index contributed by atoms with van der Waals surface area (Å²) >= 11 is 0. The summed E-state index contributed by atoms with van der Waals surface area (Å²) in [6.45, 7) is 3.27. The van der Waals surface area contributed by atoms with E-state index in [1.54, 1.807) is 33.2 Å². The van der Waals surface area contributed by atoms with Crippen molar-refractivity contribution < 1.29 is 26.0 Å². The monoisotopic (exact) mass is 432 g/mol. The zero-order chi connectivity index (χ0) is 22.3. The van der Waals surface area contributed by atoms with Crippen LogP contribution in [0.3, 0.4) is 0 Å². The standard InChI is InChI=1S/C23H24F2N3O3.2H2/c1-11(21(29)27-12(2)15-7-6-14(24)10-16(15)25)18-19(13-4-5-13)20-17(28-22(18)30)8-9-26-23(20)31-3;;/h6-13,26H,4-5H2,1-3H3,(H,27,29)(H,28,30);2*1H/t11-,12+;;/m1../s1. The molecule has 0 aromatic heterocycles. The third-order valence-corrected chi connectivity index (χ3v) is 5.82. The van der Waals surface area contributed by atoms with Gasteiger partial charge in [-0.15, -0.1) is 0 Å². The first kappa shape index (κ1) is 21.1. The fraction of sp³-hybridized carbons (Fsp3) is 0.348. The number of carbonyl (C=O) groups is 2. The highest BCUT2D eigenvalue weighted by Crippen LogP contribution is 2.48. The Morgan fingerprint density at radius 1 is 1.29 bits per heavy atom. The van der Waals surface area contributed by atoms with E-state index in [1.165, 1.54) is 6.07 Å². The Bertz CT molecular complexity index is 1040. The van der Waals surface area contributed by atoms with Gasteiger partial charge in [0.05, 0.1) is 19.1 Å². The first-order valence-electron chi connectivity index (χ1n) is 10.2. The number of hydrogen-bond acceptors (Lipinski definition) is 4. The maximum Gasteiger partial charge on any atom is 0.249 e. The molecule has 1 aromatic carbocycles. The number of dihydropyridines is 1. The van der Waals surface area contributed by atoms with Crippen molar-refractivity contribution in [1.82, 2.24) is 16.0 Å². The molecule has 0 bridgehead atoms. The van der Waals surface area contributed by atoms with Crippen LogP contribution in [0.4, 0.5) is 8.78 Å². The summed E-state index contributed by atoms with van der Waals surface area (Å²) < 4.78 is 32.8. The smallest absolute Gasteiger partial charge is 0.249 e. The summed E-state index contributed by atoms with van der Waals surface area (Å²) in [4.78, 5) is 26.0. The molecule has 1 saturated carbocycles. The number of benzene rings is 1. The molecule has 0 saturated heterocycles. The van der Waals surface area contributed by atoms with Gasteiger partial charge in [-0.05, 0) is 50.3 Å². The van der Waals surface area contributed by atoms with E-state index in [2.05, 4.69) is 16.0 Å². The molecular weight excluding hydrogens is 404 g/mol. The van der Waals surface area contributed by atoms with Gasteiger partial charge in [-0.3, -0.25) is 9.59 Å². The Labute approximate surface area is 182 Å². The van der Waals surface area contributed by atoms with E-state index < -0.39 is 29.5 Å². The van der Waals surface area contributed by atoms with Crippen LogP contribution in [0.15, 0.2) is 53.1 Å². The van der Waals surface area contributed by atoms with Gasteiger partial charge < -0.3 is 20.7 Å². The van der Waals surface area contributed by atoms with Crippen molar-refractivity contribution in [3.63, 3.8) is 0 Å². The number of rotatable bonds is 6. The average Bonchev–Trinajstić information content (AvgIpc) is 3.56. The Kier molecular flexibility index (Phi) is 5.56. The molecule has 3 aliphatic rings. The van der Waals surface area contributed by atoms with Crippen LogP contribution in [-0.4, -0.2) is 18.9 Å². The van der Waals surface area contributed by atoms with Crippen LogP contribution in [-0.2, 0) is 14.3 Å². The van der Waals surface area contributed by atoms with E-state index in [-0.39, 0.29) is 20.2 Å². The number of amides is 2. The number of ether oxygens (including phenoxy) is 1. The van der Waals surface area contributed by atoms with Crippen LogP contribution in [0, 0.1) is 29.5 Å². The number of hydrogen-bond donors (Lipinski definition) is 3. The molecule has 4 rings (SSSR count). The molecule has 8 heteroatoms. The van der Waals surface area contributed by atoms with Crippen molar-refractivity contribution in [2.45, 2.75) is 32.7 Å². The lowest BCUT2D eigenvalue weighted by molar-refractivity contribution is -0.126. The Morgan fingerprint density at radius 3 is 2.68 bits per heavy atom. The first-order chi connectivity index (χ1) is 14.8. The van der Waals surface area contributed by atoms with Crippen LogP contribution in [0.2, 0.25) is 0 Å². The van der Waals surface area contributed by atoms with Gasteiger partial charge in [0.2, 0.25) is 11.8 Å². The maximum absolute atomic E-state index is 14.1. The summed E-state index contributed by atoms with van der Waals surface area (Å²) in [6, 6.07) is 3.18. The number of methoxy groups -OCH3 is 1. The maximum atomic E-state index is 14.1. The largest absolute Gasteiger partial charge is 0.482 e. The van der Waals surface area contributed by atoms with E-state index in [4.69, 9.17) is 4.74 Å². The van der Waals surface area contributed by atoms with Crippen molar-refractivity contribution >= 4 is 11.8 Å². The Hall–Kier alpha value is -3.16. The molecule has 6 nitrogen and oxygen atoms in total. The van der Waals surface area contributed by atoms with Crippen LogP contribution < -0.4 is 16.0 Å². The van der Waals surface area contributed by atoms with Gasteiger partial charge in [0, 0.05) is 31.8 Å². The third-order valence-electron chi connectivity index (χ3n) is 5.82. The molecular formula is C23H28F2N3O3. The zero-order valence-electron chi connectivity index (χ0n) is 17.5. The van der Waals surface area contributed by atoms with Gasteiger partial charge in [-0.2, -0.15) is 0 Å². The number of fused-ring (bicyclic) bond motifs is 1. The summed E-state index contributed by atoms with van der Waals surface area (Å²) in [5.41, 5.74) is 2.14. The SMILES string of the molecule is COC1=C2[C](C=CN1)NC(=O)C([C@@H](C)C(=O)N[C@@H](C)c1ccc(F)cc1F)=C2C1CC1.[HH].[HH]. The fourth-order valence-corrected chi connectivity index (χ4v) is 4.08. The molecule has 1 fully saturated rings. The van der Waals surface area contributed by atoms with Gasteiger partial charge in [0.25, 0.3) is 0 Å². The second-order valence-electron chi connectivity index (χ2n) is 7.97. The van der Waals surface area contributed by atoms with E-state index in [0.717, 1.165) is 36.1 Å². The van der Waals surface area contributed by atoms with Gasteiger partial charge in [0.15, 0.2) is 5.88 Å². The van der Waals surface area contributed by atoms with E-state index in [1.807, 2.05) is 0 Å². The van der Waals surface area contributed by atoms with E-state index in [0.29, 0.717) is 17.5 Å². The van der Waals surface area contributed by atoms with Crippen molar-refractivity contribution in [3.05, 3.63) is 76.3 Å². The minimum atomic E-state index is -0.778. The molecule has 0 spiro atoms. The van der Waals surface area contributed by atoms with Crippen LogP contribution in [0.5, 0.6) is 0 Å². The molecule has 1 aromatic rings. The van der Waals surface area contributed by atoms with Gasteiger partial charge in [0.1, 0.15) is 17.7 Å². The molecule has 2 amide bonds. The molecule has 167 valence electrons. The molecule has 0 unspecified atom stereocenters. The lowest BCUT2D eigenvalue weighted by atomic mass is 9.81. The number of carbonyl (C=O) groups excluding carboxylic acids is 2. The quantitative estimate of drug-likeness (QED) is 0.642. The second-order valence-corrected chi connectivity index (χ2v) is 7.97. The molecule has 1 radical (unpaired) electrons. The van der Waals surface area contributed by atoms with Crippen LogP contribution >= 0.6 is 0 Å². The molecule has 2 heterocycles. The highest BCUT2D eigenvalue weighted by atomic mass is 19.1. The van der Waals surface area contributed by atoms with Crippen LogP contribution in [0.1, 0.15) is 41.1 Å². The zero-order valence-corrected chi connectivity index (χ0v) is 17.5. The number of halogens is 2. The minimum Gasteiger partial charge on any atom is -0.482 e. The predicted octanol–water partition coefficient (Wildman–Crippen LogP) is 3.61.